The molecule has 2 nitrogen and oxygen atoms in total. The number of hydrogen-bond donors (Lipinski definition) is 1. The lowest BCUT2D eigenvalue weighted by Crippen LogP contribution is -2.09. The molecule has 0 radical (unpaired) electrons. The van der Waals surface area contributed by atoms with E-state index < -0.39 is 0 Å². The molecule has 0 unspecified atom stereocenters. The van der Waals surface area contributed by atoms with Crippen molar-refractivity contribution in [3.8, 4) is 11.5 Å². The Balaban J connectivity index is 2.15. The second kappa shape index (κ2) is 7.51. The fourth-order valence-electron chi connectivity index (χ4n) is 2.03. The minimum Gasteiger partial charge on any atom is -0.457 e. The summed E-state index contributed by atoms with van der Waals surface area (Å²) in [6, 6.07) is 18.0. The molecule has 0 bridgehead atoms. The van der Waals surface area contributed by atoms with E-state index in [9.17, 15) is 0 Å². The number of nitrogens with one attached hydrogen (secondary N) is 1. The number of ether oxygens (including phenoxy) is 1. The molecule has 0 saturated carbocycles. The molecule has 104 valence electrons. The van der Waals surface area contributed by atoms with Crippen LogP contribution < -0.4 is 10.1 Å². The molecule has 2 rings (SSSR count). The van der Waals surface area contributed by atoms with Gasteiger partial charge in [0.1, 0.15) is 11.5 Å². The Labute approximate surface area is 121 Å². The van der Waals surface area contributed by atoms with E-state index in [1.165, 1.54) is 11.1 Å². The van der Waals surface area contributed by atoms with E-state index in [2.05, 4.69) is 30.4 Å². The van der Waals surface area contributed by atoms with Gasteiger partial charge in [0.05, 0.1) is 0 Å². The highest BCUT2D eigenvalue weighted by molar-refractivity contribution is 5.55. The zero-order chi connectivity index (χ0) is 14.2. The van der Waals surface area contributed by atoms with Gasteiger partial charge >= 0.3 is 0 Å². The fourth-order valence-corrected chi connectivity index (χ4v) is 2.03. The normalized spacial score (nSPS) is 11.4. The SMILES string of the molecule is CCC(=Cc1cccc(Oc2ccccc2)c1)CNC. The Morgan fingerprint density at radius 3 is 2.50 bits per heavy atom. The van der Waals surface area contributed by atoms with Crippen molar-refractivity contribution in [2.45, 2.75) is 13.3 Å². The number of likely N-dealkylation sites (N-methyl/N-ethyl adjacent to an activating group) is 1. The van der Waals surface area contributed by atoms with Crippen LogP contribution in [0.15, 0.2) is 60.2 Å². The smallest absolute Gasteiger partial charge is 0.128 e. The summed E-state index contributed by atoms with van der Waals surface area (Å²) in [5.74, 6) is 1.73. The first-order chi connectivity index (χ1) is 9.81. The first kappa shape index (κ1) is 14.4. The van der Waals surface area contributed by atoms with Gasteiger partial charge in [-0.05, 0) is 43.3 Å². The minimum absolute atomic E-state index is 0.861. The van der Waals surface area contributed by atoms with E-state index in [1.807, 2.05) is 49.5 Å². The molecule has 0 atom stereocenters. The molecule has 0 heterocycles. The molecule has 0 fully saturated rings. The summed E-state index contributed by atoms with van der Waals surface area (Å²) >= 11 is 0. The lowest BCUT2D eigenvalue weighted by Gasteiger charge is -2.07. The second-order valence-corrected chi connectivity index (χ2v) is 4.67. The van der Waals surface area contributed by atoms with Crippen molar-refractivity contribution in [3.05, 3.63) is 65.7 Å². The predicted molar refractivity (Wildman–Crippen MR) is 85.2 cm³/mol. The quantitative estimate of drug-likeness (QED) is 0.832. The maximum absolute atomic E-state index is 5.85. The maximum atomic E-state index is 5.85. The van der Waals surface area contributed by atoms with Crippen molar-refractivity contribution < 1.29 is 4.74 Å². The summed E-state index contributed by atoms with van der Waals surface area (Å²) in [4.78, 5) is 0. The Kier molecular flexibility index (Phi) is 5.39. The summed E-state index contributed by atoms with van der Waals surface area (Å²) < 4.78 is 5.85. The van der Waals surface area contributed by atoms with Gasteiger partial charge in [-0.25, -0.2) is 0 Å². The van der Waals surface area contributed by atoms with Crippen LogP contribution in [0.4, 0.5) is 0 Å². The van der Waals surface area contributed by atoms with Crippen molar-refractivity contribution in [2.24, 2.45) is 0 Å². The van der Waals surface area contributed by atoms with Gasteiger partial charge in [0.15, 0.2) is 0 Å². The monoisotopic (exact) mass is 267 g/mol. The van der Waals surface area contributed by atoms with E-state index in [1.54, 1.807) is 0 Å². The van der Waals surface area contributed by atoms with Crippen molar-refractivity contribution >= 4 is 6.08 Å². The molecular weight excluding hydrogens is 246 g/mol. The van der Waals surface area contributed by atoms with Gasteiger partial charge in [0, 0.05) is 6.54 Å². The van der Waals surface area contributed by atoms with Crippen LogP contribution in [0.3, 0.4) is 0 Å². The second-order valence-electron chi connectivity index (χ2n) is 4.67. The average Bonchev–Trinajstić information content (AvgIpc) is 2.48. The maximum Gasteiger partial charge on any atom is 0.128 e. The van der Waals surface area contributed by atoms with Crippen LogP contribution in [0.1, 0.15) is 18.9 Å². The Morgan fingerprint density at radius 2 is 1.80 bits per heavy atom. The highest BCUT2D eigenvalue weighted by atomic mass is 16.5. The highest BCUT2D eigenvalue weighted by Crippen LogP contribution is 2.23. The lowest BCUT2D eigenvalue weighted by molar-refractivity contribution is 0.482. The van der Waals surface area contributed by atoms with Crippen molar-refractivity contribution in [1.82, 2.24) is 5.32 Å². The third kappa shape index (κ3) is 4.25. The molecule has 0 aliphatic rings. The molecule has 0 saturated heterocycles. The molecule has 2 aromatic rings. The van der Waals surface area contributed by atoms with Crippen molar-refractivity contribution in [2.75, 3.05) is 13.6 Å². The van der Waals surface area contributed by atoms with Crippen molar-refractivity contribution in [1.29, 1.82) is 0 Å². The van der Waals surface area contributed by atoms with E-state index in [0.29, 0.717) is 0 Å². The molecule has 0 amide bonds. The summed E-state index contributed by atoms with van der Waals surface area (Å²) in [6.45, 7) is 3.09. The summed E-state index contributed by atoms with van der Waals surface area (Å²) in [5.41, 5.74) is 2.55. The molecular formula is C18H21NO. The summed E-state index contributed by atoms with van der Waals surface area (Å²) in [7, 11) is 1.97. The predicted octanol–water partition coefficient (Wildman–Crippen LogP) is 4.49. The molecule has 0 aliphatic heterocycles. The van der Waals surface area contributed by atoms with Crippen LogP contribution in [-0.2, 0) is 0 Å². The van der Waals surface area contributed by atoms with Gasteiger partial charge < -0.3 is 10.1 Å². The van der Waals surface area contributed by atoms with Gasteiger partial charge in [-0.2, -0.15) is 0 Å². The average molecular weight is 267 g/mol. The van der Waals surface area contributed by atoms with Crippen LogP contribution in [0.5, 0.6) is 11.5 Å². The van der Waals surface area contributed by atoms with E-state index in [-0.39, 0.29) is 0 Å². The Bertz CT molecular complexity index is 561. The largest absolute Gasteiger partial charge is 0.457 e. The molecule has 1 N–H and O–H groups in total. The number of benzene rings is 2. The molecule has 20 heavy (non-hydrogen) atoms. The van der Waals surface area contributed by atoms with E-state index in [0.717, 1.165) is 24.5 Å². The number of hydrogen-bond acceptors (Lipinski definition) is 2. The first-order valence-electron chi connectivity index (χ1n) is 6.99. The third-order valence-electron chi connectivity index (χ3n) is 3.07. The van der Waals surface area contributed by atoms with Crippen LogP contribution >= 0.6 is 0 Å². The highest BCUT2D eigenvalue weighted by Gasteiger charge is 1.99. The van der Waals surface area contributed by atoms with E-state index in [4.69, 9.17) is 4.74 Å². The standard InChI is InChI=1S/C18H21NO/c1-3-15(14-19-2)12-16-8-7-11-18(13-16)20-17-9-5-4-6-10-17/h4-13,19H,3,14H2,1-2H3. The zero-order valence-electron chi connectivity index (χ0n) is 12.1. The fraction of sp³-hybridized carbons (Fsp3) is 0.222. The van der Waals surface area contributed by atoms with Gasteiger partial charge in [-0.1, -0.05) is 48.9 Å². The summed E-state index contributed by atoms with van der Waals surface area (Å²) in [6.07, 6.45) is 3.26. The van der Waals surface area contributed by atoms with Crippen LogP contribution in [0, 0.1) is 0 Å². The molecule has 0 spiro atoms. The minimum atomic E-state index is 0.861. The molecule has 2 aromatic carbocycles. The Morgan fingerprint density at radius 1 is 1.05 bits per heavy atom. The zero-order valence-corrected chi connectivity index (χ0v) is 12.1. The lowest BCUT2D eigenvalue weighted by atomic mass is 10.1. The van der Waals surface area contributed by atoms with Gasteiger partial charge in [-0.3, -0.25) is 0 Å². The molecule has 2 heteroatoms. The molecule has 0 aliphatic carbocycles. The number of para-hydroxylation sites is 1. The first-order valence-corrected chi connectivity index (χ1v) is 6.99. The van der Waals surface area contributed by atoms with E-state index >= 15 is 0 Å². The van der Waals surface area contributed by atoms with Crippen LogP contribution in [-0.4, -0.2) is 13.6 Å². The summed E-state index contributed by atoms with van der Waals surface area (Å²) in [5, 5.41) is 3.19. The topological polar surface area (TPSA) is 21.3 Å². The molecule has 0 aromatic heterocycles. The van der Waals surface area contributed by atoms with Crippen LogP contribution in [0.2, 0.25) is 0 Å². The third-order valence-corrected chi connectivity index (χ3v) is 3.07. The number of rotatable bonds is 6. The Hall–Kier alpha value is -2.06. The van der Waals surface area contributed by atoms with Crippen LogP contribution in [0.25, 0.3) is 6.08 Å². The van der Waals surface area contributed by atoms with Crippen molar-refractivity contribution in [3.63, 3.8) is 0 Å². The van der Waals surface area contributed by atoms with Gasteiger partial charge in [0.25, 0.3) is 0 Å². The van der Waals surface area contributed by atoms with Gasteiger partial charge in [-0.15, -0.1) is 0 Å². The van der Waals surface area contributed by atoms with Gasteiger partial charge in [0.2, 0.25) is 0 Å².